The molecule has 0 unspecified atom stereocenters. The predicted octanol–water partition coefficient (Wildman–Crippen LogP) is 3.27. The zero-order valence-corrected chi connectivity index (χ0v) is 12.3. The van der Waals surface area contributed by atoms with Gasteiger partial charge in [0.15, 0.2) is 0 Å². The van der Waals surface area contributed by atoms with Gasteiger partial charge in [-0.2, -0.15) is 0 Å². The van der Waals surface area contributed by atoms with Gasteiger partial charge in [0.25, 0.3) is 9.05 Å². The lowest BCUT2D eigenvalue weighted by atomic mass is 9.88. The van der Waals surface area contributed by atoms with Crippen molar-refractivity contribution >= 4 is 31.3 Å². The van der Waals surface area contributed by atoms with E-state index in [0.29, 0.717) is 0 Å². The molecule has 1 aliphatic carbocycles. The minimum Gasteiger partial charge on any atom is -0.323 e. The maximum atomic E-state index is 13.8. The quantitative estimate of drug-likeness (QED) is 0.870. The van der Waals surface area contributed by atoms with Crippen LogP contribution in [0.2, 0.25) is 0 Å². The highest BCUT2D eigenvalue weighted by molar-refractivity contribution is 8.13. The van der Waals surface area contributed by atoms with Gasteiger partial charge in [0, 0.05) is 16.6 Å². The van der Waals surface area contributed by atoms with Crippen LogP contribution in [0.25, 0.3) is 0 Å². The molecule has 1 fully saturated rings. The molecule has 4 nitrogen and oxygen atoms in total. The van der Waals surface area contributed by atoms with Crippen LogP contribution in [0, 0.1) is 11.7 Å². The Morgan fingerprint density at radius 2 is 1.90 bits per heavy atom. The molecule has 0 heterocycles. The van der Waals surface area contributed by atoms with E-state index in [1.165, 1.54) is 12.1 Å². The first kappa shape index (κ1) is 15.3. The number of nitrogens with one attached hydrogen (secondary N) is 1. The summed E-state index contributed by atoms with van der Waals surface area (Å²) < 4.78 is 35.9. The van der Waals surface area contributed by atoms with E-state index in [2.05, 4.69) is 5.32 Å². The van der Waals surface area contributed by atoms with Crippen molar-refractivity contribution in [2.24, 2.45) is 5.92 Å². The average molecular weight is 320 g/mol. The van der Waals surface area contributed by atoms with Crippen molar-refractivity contribution in [2.75, 3.05) is 5.32 Å². The van der Waals surface area contributed by atoms with Gasteiger partial charge >= 0.3 is 0 Å². The van der Waals surface area contributed by atoms with Gasteiger partial charge in [-0.25, -0.2) is 12.8 Å². The Labute approximate surface area is 121 Å². The highest BCUT2D eigenvalue weighted by Crippen LogP contribution is 2.26. The lowest BCUT2D eigenvalue weighted by molar-refractivity contribution is -0.120. The molecule has 0 spiro atoms. The minimum atomic E-state index is -3.97. The van der Waals surface area contributed by atoms with Crippen molar-refractivity contribution in [1.82, 2.24) is 0 Å². The molecule has 7 heteroatoms. The summed E-state index contributed by atoms with van der Waals surface area (Å²) in [7, 11) is 1.16. The van der Waals surface area contributed by atoms with E-state index >= 15 is 0 Å². The summed E-state index contributed by atoms with van der Waals surface area (Å²) in [4.78, 5) is 11.7. The molecule has 0 atom stereocenters. The van der Waals surface area contributed by atoms with E-state index < -0.39 is 14.9 Å². The Balaban J connectivity index is 2.11. The van der Waals surface area contributed by atoms with Crippen LogP contribution in [0.15, 0.2) is 23.1 Å². The third-order valence-electron chi connectivity index (χ3n) is 3.46. The van der Waals surface area contributed by atoms with Gasteiger partial charge in [-0.3, -0.25) is 4.79 Å². The molecule has 0 bridgehead atoms. The highest BCUT2D eigenvalue weighted by atomic mass is 35.7. The van der Waals surface area contributed by atoms with Crippen LogP contribution in [0.3, 0.4) is 0 Å². The number of carbonyl (C=O) groups excluding carboxylic acids is 1. The van der Waals surface area contributed by atoms with Crippen LogP contribution in [-0.4, -0.2) is 14.3 Å². The summed E-state index contributed by atoms with van der Waals surface area (Å²) in [5.41, 5.74) is -0.0235. The van der Waals surface area contributed by atoms with Crippen LogP contribution in [0.4, 0.5) is 10.1 Å². The van der Waals surface area contributed by atoms with Gasteiger partial charge in [-0.15, -0.1) is 0 Å². The fourth-order valence-electron chi connectivity index (χ4n) is 2.35. The summed E-state index contributed by atoms with van der Waals surface area (Å²) in [6.07, 6.45) is 4.75. The minimum absolute atomic E-state index is 0.0235. The predicted molar refractivity (Wildman–Crippen MR) is 74.6 cm³/mol. The monoisotopic (exact) mass is 319 g/mol. The summed E-state index contributed by atoms with van der Waals surface area (Å²) in [6, 6.07) is 3.19. The zero-order chi connectivity index (χ0) is 14.8. The Bertz CT molecular complexity index is 612. The van der Waals surface area contributed by atoms with E-state index in [-0.39, 0.29) is 22.4 Å². The standard InChI is InChI=1S/C13H15ClFNO3S/c14-20(18,19)10-6-7-12(11(15)8-10)16-13(17)9-4-2-1-3-5-9/h6-9H,1-5H2,(H,16,17). The maximum absolute atomic E-state index is 13.8. The molecule has 1 N–H and O–H groups in total. The Morgan fingerprint density at radius 3 is 2.45 bits per heavy atom. The van der Waals surface area contributed by atoms with Crippen molar-refractivity contribution < 1.29 is 17.6 Å². The zero-order valence-electron chi connectivity index (χ0n) is 10.7. The Kier molecular flexibility index (Phi) is 4.65. The van der Waals surface area contributed by atoms with Crippen LogP contribution in [-0.2, 0) is 13.8 Å². The molecule has 1 aromatic rings. The average Bonchev–Trinajstić information content (AvgIpc) is 2.41. The van der Waals surface area contributed by atoms with Gasteiger partial charge in [0.05, 0.1) is 10.6 Å². The van der Waals surface area contributed by atoms with E-state index in [0.717, 1.165) is 38.2 Å². The van der Waals surface area contributed by atoms with E-state index in [4.69, 9.17) is 10.7 Å². The number of anilines is 1. The van der Waals surface area contributed by atoms with Crippen molar-refractivity contribution in [3.63, 3.8) is 0 Å². The molecule has 0 aromatic heterocycles. The normalized spacial score (nSPS) is 16.9. The molecular weight excluding hydrogens is 305 g/mol. The van der Waals surface area contributed by atoms with E-state index in [1.807, 2.05) is 0 Å². The summed E-state index contributed by atoms with van der Waals surface area (Å²) in [5, 5.41) is 2.51. The van der Waals surface area contributed by atoms with Gasteiger partial charge in [-0.05, 0) is 31.0 Å². The molecule has 1 aliphatic rings. The number of amides is 1. The molecule has 0 saturated heterocycles. The van der Waals surface area contributed by atoms with Crippen molar-refractivity contribution in [2.45, 2.75) is 37.0 Å². The Hall–Kier alpha value is -1.14. The van der Waals surface area contributed by atoms with Crippen molar-refractivity contribution in [3.8, 4) is 0 Å². The van der Waals surface area contributed by atoms with Gasteiger partial charge < -0.3 is 5.32 Å². The summed E-state index contributed by atoms with van der Waals surface area (Å²) in [6.45, 7) is 0. The van der Waals surface area contributed by atoms with Crippen molar-refractivity contribution in [1.29, 1.82) is 0 Å². The van der Waals surface area contributed by atoms with Crippen LogP contribution in [0.1, 0.15) is 32.1 Å². The third kappa shape index (κ3) is 3.70. The molecule has 1 aromatic carbocycles. The summed E-state index contributed by atoms with van der Waals surface area (Å²) >= 11 is 0. The maximum Gasteiger partial charge on any atom is 0.261 e. The molecule has 2 rings (SSSR count). The van der Waals surface area contributed by atoms with Gasteiger partial charge in [0.1, 0.15) is 5.82 Å². The Morgan fingerprint density at radius 1 is 1.25 bits per heavy atom. The molecular formula is C13H15ClFNO3S. The first-order valence-electron chi connectivity index (χ1n) is 6.43. The number of halogens is 2. The van der Waals surface area contributed by atoms with Gasteiger partial charge in [0.2, 0.25) is 5.91 Å². The second-order valence-corrected chi connectivity index (χ2v) is 7.47. The van der Waals surface area contributed by atoms with Gasteiger partial charge in [-0.1, -0.05) is 19.3 Å². The molecule has 1 amide bonds. The topological polar surface area (TPSA) is 63.2 Å². The summed E-state index contributed by atoms with van der Waals surface area (Å²) in [5.74, 6) is -1.12. The molecule has 0 aliphatic heterocycles. The van der Waals surface area contributed by atoms with E-state index in [9.17, 15) is 17.6 Å². The first-order valence-corrected chi connectivity index (χ1v) is 8.74. The van der Waals surface area contributed by atoms with Crippen LogP contribution in [0.5, 0.6) is 0 Å². The SMILES string of the molecule is O=C(Nc1ccc(S(=O)(=O)Cl)cc1F)C1CCCCC1. The number of hydrogen-bond donors (Lipinski definition) is 1. The smallest absolute Gasteiger partial charge is 0.261 e. The second-order valence-electron chi connectivity index (χ2n) is 4.90. The molecule has 20 heavy (non-hydrogen) atoms. The second kappa shape index (κ2) is 6.10. The highest BCUT2D eigenvalue weighted by Gasteiger charge is 2.22. The number of rotatable bonds is 3. The number of carbonyl (C=O) groups is 1. The first-order chi connectivity index (χ1) is 9.38. The third-order valence-corrected chi connectivity index (χ3v) is 4.81. The van der Waals surface area contributed by atoms with Crippen LogP contribution < -0.4 is 5.32 Å². The van der Waals surface area contributed by atoms with Crippen LogP contribution >= 0.6 is 10.7 Å². The fraction of sp³-hybridized carbons (Fsp3) is 0.462. The van der Waals surface area contributed by atoms with E-state index in [1.54, 1.807) is 0 Å². The largest absolute Gasteiger partial charge is 0.323 e. The molecule has 110 valence electrons. The molecule has 0 radical (unpaired) electrons. The number of benzene rings is 1. The fourth-order valence-corrected chi connectivity index (χ4v) is 3.11. The van der Waals surface area contributed by atoms with Crippen molar-refractivity contribution in [3.05, 3.63) is 24.0 Å². The lowest BCUT2D eigenvalue weighted by Gasteiger charge is -2.20. The lowest BCUT2D eigenvalue weighted by Crippen LogP contribution is -2.25. The molecule has 1 saturated carbocycles. The number of hydrogen-bond acceptors (Lipinski definition) is 3.